The van der Waals surface area contributed by atoms with Gasteiger partial charge in [-0.05, 0) is 33.6 Å². The summed E-state index contributed by atoms with van der Waals surface area (Å²) in [6.07, 6.45) is 6.86. The molecule has 0 aromatic rings. The Balaban J connectivity index is 2.32. The molecule has 1 aliphatic carbocycles. The molecule has 0 saturated heterocycles. The number of alkyl carbamates (subject to hydrolysis) is 1. The normalized spacial score (nSPS) is 25.9. The van der Waals surface area contributed by atoms with Crippen LogP contribution in [0.2, 0.25) is 0 Å². The molecule has 1 fully saturated rings. The quantitative estimate of drug-likeness (QED) is 0.649. The van der Waals surface area contributed by atoms with Gasteiger partial charge in [0, 0.05) is 12.0 Å². The largest absolute Gasteiger partial charge is 0.444 e. The lowest BCUT2D eigenvalue weighted by Gasteiger charge is -2.34. The van der Waals surface area contributed by atoms with Crippen LogP contribution < -0.4 is 5.32 Å². The molecule has 1 rings (SSSR count). The van der Waals surface area contributed by atoms with Gasteiger partial charge in [-0.1, -0.05) is 0 Å². The van der Waals surface area contributed by atoms with E-state index in [1.54, 1.807) is 0 Å². The first kappa shape index (κ1) is 10.9. The van der Waals surface area contributed by atoms with Crippen LogP contribution in [0.3, 0.4) is 0 Å². The molecule has 3 heteroatoms. The molecule has 1 aliphatic rings. The zero-order valence-electron chi connectivity index (χ0n) is 8.96. The van der Waals surface area contributed by atoms with Crippen LogP contribution in [0.5, 0.6) is 0 Å². The van der Waals surface area contributed by atoms with E-state index >= 15 is 0 Å². The Labute approximate surface area is 85.2 Å². The van der Waals surface area contributed by atoms with Gasteiger partial charge in [-0.15, -0.1) is 12.3 Å². The number of nitrogens with one attached hydrogen (secondary N) is 1. The van der Waals surface area contributed by atoms with Crippen molar-refractivity contribution in [2.24, 2.45) is 5.92 Å². The van der Waals surface area contributed by atoms with Crippen molar-refractivity contribution in [1.82, 2.24) is 5.32 Å². The first-order chi connectivity index (χ1) is 6.42. The van der Waals surface area contributed by atoms with Crippen LogP contribution in [0.1, 0.15) is 33.6 Å². The summed E-state index contributed by atoms with van der Waals surface area (Å²) in [5, 5.41) is 2.77. The van der Waals surface area contributed by atoms with Crippen LogP contribution in [0.15, 0.2) is 0 Å². The van der Waals surface area contributed by atoms with Gasteiger partial charge in [-0.2, -0.15) is 0 Å². The molecule has 0 heterocycles. The van der Waals surface area contributed by atoms with Crippen molar-refractivity contribution in [2.75, 3.05) is 0 Å². The molecule has 0 aromatic carbocycles. The Bertz CT molecular complexity index is 259. The van der Waals surface area contributed by atoms with Crippen molar-refractivity contribution in [3.8, 4) is 12.3 Å². The minimum Gasteiger partial charge on any atom is -0.444 e. The maximum atomic E-state index is 11.3. The summed E-state index contributed by atoms with van der Waals surface area (Å²) in [6, 6.07) is 0.106. The molecule has 3 nitrogen and oxygen atoms in total. The van der Waals surface area contributed by atoms with Crippen LogP contribution >= 0.6 is 0 Å². The zero-order valence-corrected chi connectivity index (χ0v) is 8.96. The SMILES string of the molecule is C#C[C@@H]1CC[C@H]1NC(=O)OC(C)(C)C. The highest BCUT2D eigenvalue weighted by Crippen LogP contribution is 2.26. The maximum absolute atomic E-state index is 11.3. The van der Waals surface area contributed by atoms with Crippen LogP contribution in [-0.4, -0.2) is 17.7 Å². The van der Waals surface area contributed by atoms with Crippen LogP contribution in [0, 0.1) is 18.3 Å². The summed E-state index contributed by atoms with van der Waals surface area (Å²) in [6.45, 7) is 5.52. The van der Waals surface area contributed by atoms with E-state index in [9.17, 15) is 4.79 Å². The van der Waals surface area contributed by atoms with E-state index in [1.165, 1.54) is 0 Å². The molecule has 0 radical (unpaired) electrons. The molecular weight excluding hydrogens is 178 g/mol. The second kappa shape index (κ2) is 3.91. The van der Waals surface area contributed by atoms with Gasteiger partial charge in [0.1, 0.15) is 5.60 Å². The lowest BCUT2D eigenvalue weighted by atomic mass is 9.80. The van der Waals surface area contributed by atoms with Crippen molar-refractivity contribution in [3.05, 3.63) is 0 Å². The average Bonchev–Trinajstić information content (AvgIpc) is 1.96. The maximum Gasteiger partial charge on any atom is 0.407 e. The molecule has 0 unspecified atom stereocenters. The summed E-state index contributed by atoms with van der Waals surface area (Å²) < 4.78 is 5.12. The molecule has 0 aromatic heterocycles. The average molecular weight is 195 g/mol. The lowest BCUT2D eigenvalue weighted by Crippen LogP contribution is -2.47. The van der Waals surface area contributed by atoms with Gasteiger partial charge >= 0.3 is 6.09 Å². The van der Waals surface area contributed by atoms with Crippen molar-refractivity contribution < 1.29 is 9.53 Å². The number of carbonyl (C=O) groups excluding carboxylic acids is 1. The third-order valence-electron chi connectivity index (χ3n) is 2.19. The highest BCUT2D eigenvalue weighted by atomic mass is 16.6. The van der Waals surface area contributed by atoms with E-state index in [4.69, 9.17) is 11.2 Å². The second-order valence-electron chi connectivity index (χ2n) is 4.60. The van der Waals surface area contributed by atoms with E-state index in [0.29, 0.717) is 0 Å². The van der Waals surface area contributed by atoms with Gasteiger partial charge in [0.15, 0.2) is 0 Å². The monoisotopic (exact) mass is 195 g/mol. The first-order valence-electron chi connectivity index (χ1n) is 4.88. The topological polar surface area (TPSA) is 38.3 Å². The third kappa shape index (κ3) is 2.95. The van der Waals surface area contributed by atoms with Crippen molar-refractivity contribution in [1.29, 1.82) is 0 Å². The molecule has 78 valence electrons. The molecule has 1 N–H and O–H groups in total. The van der Waals surface area contributed by atoms with Crippen LogP contribution in [0.4, 0.5) is 4.79 Å². The number of ether oxygens (including phenoxy) is 1. The van der Waals surface area contributed by atoms with Crippen LogP contribution in [0.25, 0.3) is 0 Å². The predicted molar refractivity (Wildman–Crippen MR) is 54.7 cm³/mol. The van der Waals surface area contributed by atoms with Crippen molar-refractivity contribution in [2.45, 2.75) is 45.3 Å². The molecule has 0 spiro atoms. The molecule has 1 saturated carbocycles. The Morgan fingerprint density at radius 2 is 2.14 bits per heavy atom. The van der Waals surface area contributed by atoms with Gasteiger partial charge in [0.2, 0.25) is 0 Å². The summed E-state index contributed by atoms with van der Waals surface area (Å²) in [5.74, 6) is 2.83. The summed E-state index contributed by atoms with van der Waals surface area (Å²) in [4.78, 5) is 11.3. The molecule has 14 heavy (non-hydrogen) atoms. The highest BCUT2D eigenvalue weighted by molar-refractivity contribution is 5.68. The third-order valence-corrected chi connectivity index (χ3v) is 2.19. The Morgan fingerprint density at radius 3 is 2.50 bits per heavy atom. The van der Waals surface area contributed by atoms with E-state index in [1.807, 2.05) is 20.8 Å². The van der Waals surface area contributed by atoms with Gasteiger partial charge < -0.3 is 10.1 Å². The molecule has 0 bridgehead atoms. The minimum absolute atomic E-state index is 0.106. The van der Waals surface area contributed by atoms with Crippen LogP contribution in [-0.2, 0) is 4.74 Å². The highest BCUT2D eigenvalue weighted by Gasteiger charge is 2.31. The fourth-order valence-corrected chi connectivity index (χ4v) is 1.33. The van der Waals surface area contributed by atoms with Gasteiger partial charge in [0.05, 0.1) is 0 Å². The number of carbonyl (C=O) groups is 1. The number of hydrogen-bond acceptors (Lipinski definition) is 2. The lowest BCUT2D eigenvalue weighted by molar-refractivity contribution is 0.0460. The number of hydrogen-bond donors (Lipinski definition) is 1. The van der Waals surface area contributed by atoms with E-state index < -0.39 is 5.60 Å². The van der Waals surface area contributed by atoms with Crippen molar-refractivity contribution in [3.63, 3.8) is 0 Å². The van der Waals surface area contributed by atoms with Gasteiger partial charge in [-0.3, -0.25) is 0 Å². The molecule has 0 aliphatic heterocycles. The van der Waals surface area contributed by atoms with E-state index in [2.05, 4.69) is 11.2 Å². The molecular formula is C11H17NO2. The Kier molecular flexibility index (Phi) is 3.05. The van der Waals surface area contributed by atoms with E-state index in [-0.39, 0.29) is 18.1 Å². The summed E-state index contributed by atoms with van der Waals surface area (Å²) >= 11 is 0. The second-order valence-corrected chi connectivity index (χ2v) is 4.60. The fraction of sp³-hybridized carbons (Fsp3) is 0.727. The molecule has 2 atom stereocenters. The number of amides is 1. The fourth-order valence-electron chi connectivity index (χ4n) is 1.33. The number of terminal acetylenes is 1. The summed E-state index contributed by atoms with van der Waals surface area (Å²) in [5.41, 5.74) is -0.445. The molecule has 1 amide bonds. The number of rotatable bonds is 1. The minimum atomic E-state index is -0.445. The van der Waals surface area contributed by atoms with Gasteiger partial charge in [0.25, 0.3) is 0 Å². The summed E-state index contributed by atoms with van der Waals surface area (Å²) in [7, 11) is 0. The van der Waals surface area contributed by atoms with Crippen molar-refractivity contribution >= 4 is 6.09 Å². The Morgan fingerprint density at radius 1 is 1.50 bits per heavy atom. The first-order valence-corrected chi connectivity index (χ1v) is 4.88. The standard InChI is InChI=1S/C11H17NO2/c1-5-8-6-7-9(8)12-10(13)14-11(2,3)4/h1,8-9H,6-7H2,2-4H3,(H,12,13)/t8-,9-/m1/s1. The Hall–Kier alpha value is -1.17. The van der Waals surface area contributed by atoms with Gasteiger partial charge in [-0.25, -0.2) is 4.79 Å². The smallest absolute Gasteiger partial charge is 0.407 e. The zero-order chi connectivity index (χ0) is 10.8. The predicted octanol–water partition coefficient (Wildman–Crippen LogP) is 1.92. The van der Waals surface area contributed by atoms with E-state index in [0.717, 1.165) is 12.8 Å².